The van der Waals surface area contributed by atoms with Crippen molar-refractivity contribution in [1.82, 2.24) is 10.4 Å². The van der Waals surface area contributed by atoms with Crippen molar-refractivity contribution in [1.29, 1.82) is 5.26 Å². The maximum Gasteiger partial charge on any atom is 0.192 e. The molecule has 0 spiro atoms. The van der Waals surface area contributed by atoms with E-state index in [1.165, 1.54) is 12.8 Å². The van der Waals surface area contributed by atoms with Gasteiger partial charge in [0, 0.05) is 13.1 Å². The number of hydrazine groups is 1. The second kappa shape index (κ2) is 2.53. The Labute approximate surface area is 48.9 Å². The number of hydrogen-bond donors (Lipinski definition) is 1. The van der Waals surface area contributed by atoms with Crippen LogP contribution in [-0.4, -0.2) is 18.1 Å². The number of nitriles is 1. The van der Waals surface area contributed by atoms with Gasteiger partial charge in [-0.3, -0.25) is 5.43 Å². The van der Waals surface area contributed by atoms with Crippen LogP contribution >= 0.6 is 0 Å². The van der Waals surface area contributed by atoms with Gasteiger partial charge in [0.25, 0.3) is 0 Å². The zero-order valence-corrected chi connectivity index (χ0v) is 4.72. The van der Waals surface area contributed by atoms with Gasteiger partial charge in [0.05, 0.1) is 0 Å². The first-order valence-corrected chi connectivity index (χ1v) is 2.83. The molecule has 0 bridgehead atoms. The van der Waals surface area contributed by atoms with Crippen molar-refractivity contribution in [3.05, 3.63) is 0 Å². The molecule has 0 aromatic heterocycles. The molecule has 1 aliphatic rings. The van der Waals surface area contributed by atoms with Gasteiger partial charge in [-0.05, 0) is 12.8 Å². The second-order valence-electron chi connectivity index (χ2n) is 1.92. The molecule has 3 heteroatoms. The van der Waals surface area contributed by atoms with Crippen LogP contribution in [0.4, 0.5) is 0 Å². The van der Waals surface area contributed by atoms with Gasteiger partial charge in [-0.25, -0.2) is 5.01 Å². The van der Waals surface area contributed by atoms with Crippen LogP contribution in [0.2, 0.25) is 0 Å². The van der Waals surface area contributed by atoms with Gasteiger partial charge < -0.3 is 0 Å². The van der Waals surface area contributed by atoms with Crippen LogP contribution in [0.25, 0.3) is 0 Å². The van der Waals surface area contributed by atoms with Crippen LogP contribution in [0.1, 0.15) is 12.8 Å². The third kappa shape index (κ3) is 1.11. The molecule has 1 fully saturated rings. The first-order chi connectivity index (χ1) is 3.93. The highest BCUT2D eigenvalue weighted by Gasteiger charge is 2.08. The Hall–Kier alpha value is -0.750. The molecule has 8 heavy (non-hydrogen) atoms. The predicted molar refractivity (Wildman–Crippen MR) is 29.6 cm³/mol. The molecule has 0 aromatic carbocycles. The van der Waals surface area contributed by atoms with Crippen molar-refractivity contribution < 1.29 is 0 Å². The molecule has 0 radical (unpaired) electrons. The molecule has 1 saturated heterocycles. The third-order valence-electron chi connectivity index (χ3n) is 1.31. The van der Waals surface area contributed by atoms with Crippen LogP contribution in [0.5, 0.6) is 0 Å². The summed E-state index contributed by atoms with van der Waals surface area (Å²) in [5.41, 5.74) is 2.58. The number of rotatable bonds is 1. The maximum atomic E-state index is 8.12. The molecular weight excluding hydrogens is 102 g/mol. The Morgan fingerprint density at radius 3 is 2.50 bits per heavy atom. The van der Waals surface area contributed by atoms with Gasteiger partial charge in [0.15, 0.2) is 6.19 Å². The van der Waals surface area contributed by atoms with Crippen LogP contribution in [0.15, 0.2) is 0 Å². The molecule has 0 atom stereocenters. The molecule has 0 aromatic rings. The molecule has 1 heterocycles. The number of nitrogens with one attached hydrogen (secondary N) is 1. The Morgan fingerprint density at radius 2 is 2.00 bits per heavy atom. The van der Waals surface area contributed by atoms with E-state index in [4.69, 9.17) is 5.26 Å². The zero-order valence-electron chi connectivity index (χ0n) is 4.72. The topological polar surface area (TPSA) is 39.1 Å². The Morgan fingerprint density at radius 1 is 1.38 bits per heavy atom. The summed E-state index contributed by atoms with van der Waals surface area (Å²) in [5, 5.41) is 10.1. The summed E-state index contributed by atoms with van der Waals surface area (Å²) < 4.78 is 0. The summed E-state index contributed by atoms with van der Waals surface area (Å²) in [4.78, 5) is 0. The fourth-order valence-electron chi connectivity index (χ4n) is 0.900. The van der Waals surface area contributed by atoms with E-state index in [9.17, 15) is 0 Å². The first kappa shape index (κ1) is 5.39. The highest BCUT2D eigenvalue weighted by Crippen LogP contribution is 2.02. The Balaban J connectivity index is 2.17. The SMILES string of the molecule is N#CNN1CCCC1. The van der Waals surface area contributed by atoms with Crippen molar-refractivity contribution in [2.45, 2.75) is 12.8 Å². The first-order valence-electron chi connectivity index (χ1n) is 2.83. The summed E-state index contributed by atoms with van der Waals surface area (Å²) >= 11 is 0. The Kier molecular flexibility index (Phi) is 1.70. The zero-order chi connectivity index (χ0) is 5.82. The summed E-state index contributed by atoms with van der Waals surface area (Å²) in [6.07, 6.45) is 4.32. The molecule has 0 saturated carbocycles. The molecule has 1 rings (SSSR count). The van der Waals surface area contributed by atoms with E-state index in [0.29, 0.717) is 0 Å². The van der Waals surface area contributed by atoms with Gasteiger partial charge in [0.2, 0.25) is 0 Å². The van der Waals surface area contributed by atoms with E-state index in [1.54, 1.807) is 0 Å². The minimum atomic E-state index is 1.02. The lowest BCUT2D eigenvalue weighted by molar-refractivity contribution is 0.285. The molecule has 0 amide bonds. The molecule has 0 aliphatic carbocycles. The fourth-order valence-corrected chi connectivity index (χ4v) is 0.900. The van der Waals surface area contributed by atoms with E-state index in [0.717, 1.165) is 13.1 Å². The summed E-state index contributed by atoms with van der Waals surface area (Å²) in [7, 11) is 0. The highest BCUT2D eigenvalue weighted by molar-refractivity contribution is 4.68. The lowest BCUT2D eigenvalue weighted by Gasteiger charge is -2.08. The largest absolute Gasteiger partial charge is 0.255 e. The van der Waals surface area contributed by atoms with Crippen molar-refractivity contribution >= 4 is 0 Å². The molecular formula is C5H9N3. The van der Waals surface area contributed by atoms with Crippen molar-refractivity contribution in [2.75, 3.05) is 13.1 Å². The van der Waals surface area contributed by atoms with Gasteiger partial charge in [-0.2, -0.15) is 5.26 Å². The summed E-state index contributed by atoms with van der Waals surface area (Å²) in [6, 6.07) is 0. The van der Waals surface area contributed by atoms with Crippen LogP contribution < -0.4 is 5.43 Å². The van der Waals surface area contributed by atoms with Crippen LogP contribution in [0.3, 0.4) is 0 Å². The number of hydrogen-bond acceptors (Lipinski definition) is 3. The van der Waals surface area contributed by atoms with E-state index < -0.39 is 0 Å². The Bertz CT molecular complexity index is 98.7. The highest BCUT2D eigenvalue weighted by atomic mass is 15.5. The van der Waals surface area contributed by atoms with E-state index in [2.05, 4.69) is 5.43 Å². The van der Waals surface area contributed by atoms with E-state index in [-0.39, 0.29) is 0 Å². The van der Waals surface area contributed by atoms with Crippen molar-refractivity contribution in [3.8, 4) is 6.19 Å². The average Bonchev–Trinajstić information content (AvgIpc) is 2.19. The van der Waals surface area contributed by atoms with Gasteiger partial charge in [0.1, 0.15) is 0 Å². The third-order valence-corrected chi connectivity index (χ3v) is 1.31. The standard InChI is InChI=1S/C5H9N3/c6-5-7-8-3-1-2-4-8/h7H,1-4H2. The summed E-state index contributed by atoms with van der Waals surface area (Å²) in [5.74, 6) is 0. The lowest BCUT2D eigenvalue weighted by Crippen LogP contribution is -2.30. The van der Waals surface area contributed by atoms with E-state index >= 15 is 0 Å². The van der Waals surface area contributed by atoms with Crippen molar-refractivity contribution in [2.24, 2.45) is 0 Å². The molecule has 0 unspecified atom stereocenters. The maximum absolute atomic E-state index is 8.12. The van der Waals surface area contributed by atoms with Crippen LogP contribution in [0, 0.1) is 11.5 Å². The molecule has 3 nitrogen and oxygen atoms in total. The molecule has 1 N–H and O–H groups in total. The quantitative estimate of drug-likeness (QED) is 0.384. The monoisotopic (exact) mass is 111 g/mol. The summed E-state index contributed by atoms with van der Waals surface area (Å²) in [6.45, 7) is 2.04. The predicted octanol–water partition coefficient (Wildman–Crippen LogP) is 0.0679. The van der Waals surface area contributed by atoms with Gasteiger partial charge >= 0.3 is 0 Å². The van der Waals surface area contributed by atoms with Gasteiger partial charge in [-0.1, -0.05) is 0 Å². The second-order valence-corrected chi connectivity index (χ2v) is 1.92. The fraction of sp³-hybridized carbons (Fsp3) is 0.800. The minimum absolute atomic E-state index is 1.02. The lowest BCUT2D eigenvalue weighted by atomic mass is 10.4. The molecule has 1 aliphatic heterocycles. The van der Waals surface area contributed by atoms with Gasteiger partial charge in [-0.15, -0.1) is 0 Å². The van der Waals surface area contributed by atoms with Crippen molar-refractivity contribution in [3.63, 3.8) is 0 Å². The normalized spacial score (nSPS) is 20.4. The van der Waals surface area contributed by atoms with Crippen LogP contribution in [-0.2, 0) is 0 Å². The molecule has 44 valence electrons. The van der Waals surface area contributed by atoms with E-state index in [1.807, 2.05) is 11.2 Å². The number of nitrogens with zero attached hydrogens (tertiary/aromatic N) is 2. The smallest absolute Gasteiger partial charge is 0.192 e. The average molecular weight is 111 g/mol. The minimum Gasteiger partial charge on any atom is -0.255 e.